The third-order valence-electron chi connectivity index (χ3n) is 3.99. The van der Waals surface area contributed by atoms with Crippen LogP contribution in [0.25, 0.3) is 0 Å². The number of carbonyl (C=O) groups excluding carboxylic acids is 1. The molecule has 0 bridgehead atoms. The Hall–Kier alpha value is -1.33. The number of furan rings is 1. The van der Waals surface area contributed by atoms with Gasteiger partial charge in [-0.2, -0.15) is 0 Å². The van der Waals surface area contributed by atoms with Crippen LogP contribution in [0.5, 0.6) is 0 Å². The van der Waals surface area contributed by atoms with Crippen molar-refractivity contribution in [3.63, 3.8) is 0 Å². The topological polar surface area (TPSA) is 77.5 Å². The summed E-state index contributed by atoms with van der Waals surface area (Å²) in [5, 5.41) is 0. The van der Waals surface area contributed by atoms with Crippen LogP contribution in [0.15, 0.2) is 10.5 Å². The number of carbonyl (C=O) groups is 1. The Morgan fingerprint density at radius 2 is 2.05 bits per heavy atom. The molecular weight excluding hydrogens is 256 g/mol. The first-order valence-electron chi connectivity index (χ1n) is 7.21. The number of hydrogen-bond acceptors (Lipinski definition) is 4. The van der Waals surface area contributed by atoms with Gasteiger partial charge >= 0.3 is 5.91 Å². The summed E-state index contributed by atoms with van der Waals surface area (Å²) in [5.41, 5.74) is 2.98. The molecule has 1 fully saturated rings. The summed E-state index contributed by atoms with van der Waals surface area (Å²) >= 11 is 0. The van der Waals surface area contributed by atoms with E-state index in [9.17, 15) is 4.79 Å². The molecule has 0 saturated heterocycles. The molecule has 0 aliphatic heterocycles. The van der Waals surface area contributed by atoms with Crippen LogP contribution in [0.4, 0.5) is 0 Å². The van der Waals surface area contributed by atoms with Gasteiger partial charge in [0, 0.05) is 5.56 Å². The first-order valence-corrected chi connectivity index (χ1v) is 7.21. The molecule has 3 N–H and O–H groups in total. The van der Waals surface area contributed by atoms with E-state index in [2.05, 4.69) is 19.3 Å². The van der Waals surface area contributed by atoms with Crippen molar-refractivity contribution >= 4 is 5.91 Å². The molecule has 1 amide bonds. The quantitative estimate of drug-likeness (QED) is 0.505. The van der Waals surface area contributed by atoms with E-state index in [0.717, 1.165) is 18.4 Å². The van der Waals surface area contributed by atoms with E-state index in [4.69, 9.17) is 15.0 Å². The highest BCUT2D eigenvalue weighted by atomic mass is 16.5. The molecule has 0 radical (unpaired) electrons. The molecule has 0 aromatic carbocycles. The van der Waals surface area contributed by atoms with Crippen LogP contribution in [0.2, 0.25) is 0 Å². The molecular formula is C15H24N2O3. The highest BCUT2D eigenvalue weighted by Crippen LogP contribution is 2.31. The van der Waals surface area contributed by atoms with Gasteiger partial charge in [0.05, 0.1) is 12.7 Å². The minimum atomic E-state index is -0.417. The highest BCUT2D eigenvalue weighted by Gasteiger charge is 2.25. The van der Waals surface area contributed by atoms with Gasteiger partial charge in [0.25, 0.3) is 0 Å². The Labute approximate surface area is 119 Å². The first kappa shape index (κ1) is 15.1. The molecule has 1 aliphatic rings. The standard InChI is InChI=1S/C15H24N2O3/c1-9-4-10(2)6-13(5-9)19-8-12-7-14(15(18)17-16)20-11(12)3/h7,9-10,13H,4-6,8,16H2,1-3H3,(H,17,18). The molecule has 20 heavy (non-hydrogen) atoms. The molecule has 112 valence electrons. The Balaban J connectivity index is 1.93. The molecule has 2 unspecified atom stereocenters. The summed E-state index contributed by atoms with van der Waals surface area (Å²) in [6, 6.07) is 1.70. The predicted molar refractivity (Wildman–Crippen MR) is 75.9 cm³/mol. The summed E-state index contributed by atoms with van der Waals surface area (Å²) in [4.78, 5) is 11.4. The van der Waals surface area contributed by atoms with Gasteiger partial charge in [-0.15, -0.1) is 0 Å². The molecule has 1 aromatic rings. The SMILES string of the molecule is Cc1oc(C(=O)NN)cc1COC1CC(C)CC(C)C1. The fourth-order valence-electron chi connectivity index (χ4n) is 3.06. The van der Waals surface area contributed by atoms with Crippen molar-refractivity contribution in [3.05, 3.63) is 23.2 Å². The normalized spacial score (nSPS) is 26.5. The minimum absolute atomic E-state index is 0.231. The minimum Gasteiger partial charge on any atom is -0.456 e. The lowest BCUT2D eigenvalue weighted by Gasteiger charge is -2.31. The molecule has 1 heterocycles. The maximum absolute atomic E-state index is 11.4. The van der Waals surface area contributed by atoms with Crippen molar-refractivity contribution < 1.29 is 13.9 Å². The largest absolute Gasteiger partial charge is 0.456 e. The van der Waals surface area contributed by atoms with Gasteiger partial charge in [-0.05, 0) is 44.1 Å². The van der Waals surface area contributed by atoms with Crippen LogP contribution in [0.1, 0.15) is 55.0 Å². The lowest BCUT2D eigenvalue weighted by atomic mass is 9.82. The number of hydrogen-bond donors (Lipinski definition) is 2. The molecule has 1 aliphatic carbocycles. The summed E-state index contributed by atoms with van der Waals surface area (Å²) < 4.78 is 11.4. The number of amides is 1. The van der Waals surface area contributed by atoms with Crippen molar-refractivity contribution in [2.75, 3.05) is 0 Å². The van der Waals surface area contributed by atoms with Crippen molar-refractivity contribution in [1.82, 2.24) is 5.43 Å². The first-order chi connectivity index (χ1) is 9.49. The molecule has 0 spiro atoms. The van der Waals surface area contributed by atoms with Crippen LogP contribution in [-0.2, 0) is 11.3 Å². The zero-order chi connectivity index (χ0) is 14.7. The summed E-state index contributed by atoms with van der Waals surface area (Å²) in [6.45, 7) is 6.87. The predicted octanol–water partition coefficient (Wildman–Crippen LogP) is 2.53. The fourth-order valence-corrected chi connectivity index (χ4v) is 3.06. The maximum atomic E-state index is 11.4. The van der Waals surface area contributed by atoms with Crippen LogP contribution < -0.4 is 11.3 Å². The zero-order valence-electron chi connectivity index (χ0n) is 12.4. The zero-order valence-corrected chi connectivity index (χ0v) is 12.4. The van der Waals surface area contributed by atoms with E-state index < -0.39 is 5.91 Å². The molecule has 2 rings (SSSR count). The Morgan fingerprint density at radius 1 is 1.40 bits per heavy atom. The number of hydrazine groups is 1. The van der Waals surface area contributed by atoms with Gasteiger partial charge in [-0.1, -0.05) is 13.8 Å². The third kappa shape index (κ3) is 3.61. The van der Waals surface area contributed by atoms with Crippen molar-refractivity contribution in [1.29, 1.82) is 0 Å². The second-order valence-electron chi connectivity index (χ2n) is 6.02. The van der Waals surface area contributed by atoms with Gasteiger partial charge in [-0.25, -0.2) is 5.84 Å². The fraction of sp³-hybridized carbons (Fsp3) is 0.667. The van der Waals surface area contributed by atoms with Crippen LogP contribution in [0.3, 0.4) is 0 Å². The molecule has 1 aromatic heterocycles. The van der Waals surface area contributed by atoms with E-state index in [-0.39, 0.29) is 5.76 Å². The molecule has 1 saturated carbocycles. The number of rotatable bonds is 4. The number of aryl methyl sites for hydroxylation is 1. The number of nitrogens with two attached hydrogens (primary N) is 1. The smallest absolute Gasteiger partial charge is 0.300 e. The highest BCUT2D eigenvalue weighted by molar-refractivity contribution is 5.91. The van der Waals surface area contributed by atoms with Crippen molar-refractivity contribution in [2.45, 2.75) is 52.7 Å². The molecule has 5 heteroatoms. The van der Waals surface area contributed by atoms with E-state index in [1.54, 1.807) is 6.07 Å². The number of ether oxygens (including phenoxy) is 1. The van der Waals surface area contributed by atoms with Crippen molar-refractivity contribution in [2.24, 2.45) is 17.7 Å². The second-order valence-corrected chi connectivity index (χ2v) is 6.02. The number of nitrogen functional groups attached to an aromatic ring is 1. The molecule has 5 nitrogen and oxygen atoms in total. The Kier molecular flexibility index (Phi) is 4.83. The van der Waals surface area contributed by atoms with E-state index in [1.165, 1.54) is 6.42 Å². The summed E-state index contributed by atoms with van der Waals surface area (Å²) in [7, 11) is 0. The van der Waals surface area contributed by atoms with E-state index in [1.807, 2.05) is 6.92 Å². The third-order valence-corrected chi connectivity index (χ3v) is 3.99. The summed E-state index contributed by atoms with van der Waals surface area (Å²) in [5.74, 6) is 7.05. The van der Waals surface area contributed by atoms with E-state index in [0.29, 0.717) is 30.3 Å². The van der Waals surface area contributed by atoms with Crippen LogP contribution in [0, 0.1) is 18.8 Å². The monoisotopic (exact) mass is 280 g/mol. The van der Waals surface area contributed by atoms with Gasteiger partial charge in [-0.3, -0.25) is 10.2 Å². The van der Waals surface area contributed by atoms with Crippen LogP contribution >= 0.6 is 0 Å². The average molecular weight is 280 g/mol. The Bertz CT molecular complexity index is 460. The van der Waals surface area contributed by atoms with E-state index >= 15 is 0 Å². The summed E-state index contributed by atoms with van der Waals surface area (Å²) in [6.07, 6.45) is 3.80. The van der Waals surface area contributed by atoms with Gasteiger partial charge in [0.2, 0.25) is 0 Å². The lowest BCUT2D eigenvalue weighted by molar-refractivity contribution is -0.00954. The number of nitrogens with one attached hydrogen (secondary N) is 1. The van der Waals surface area contributed by atoms with Crippen molar-refractivity contribution in [3.8, 4) is 0 Å². The maximum Gasteiger partial charge on any atom is 0.300 e. The van der Waals surface area contributed by atoms with Gasteiger partial charge in [0.15, 0.2) is 5.76 Å². The Morgan fingerprint density at radius 3 is 2.65 bits per heavy atom. The van der Waals surface area contributed by atoms with Crippen LogP contribution in [-0.4, -0.2) is 12.0 Å². The van der Waals surface area contributed by atoms with Gasteiger partial charge in [0.1, 0.15) is 5.76 Å². The molecule has 2 atom stereocenters. The second kappa shape index (κ2) is 6.41. The van der Waals surface area contributed by atoms with Gasteiger partial charge < -0.3 is 9.15 Å². The average Bonchev–Trinajstić information content (AvgIpc) is 2.76. The lowest BCUT2D eigenvalue weighted by Crippen LogP contribution is -2.29.